The number of nitrogens with two attached hydrogens (primary N) is 1. The normalized spacial score (nSPS) is 32.5. The van der Waals surface area contributed by atoms with Crippen LogP contribution in [0.15, 0.2) is 18.2 Å². The highest BCUT2D eigenvalue weighted by molar-refractivity contribution is 5.30. The Balaban J connectivity index is 2.21. The number of rotatable bonds is 2. The zero-order chi connectivity index (χ0) is 13.3. The fraction of sp³-hybridized carbons (Fsp3) is 0.647. The molecule has 0 spiro atoms. The summed E-state index contributed by atoms with van der Waals surface area (Å²) in [6.07, 6.45) is 4.83. The summed E-state index contributed by atoms with van der Waals surface area (Å²) in [5, 5.41) is 0. The molecule has 0 aromatic heterocycles. The van der Waals surface area contributed by atoms with Gasteiger partial charge in [0.05, 0.1) is 0 Å². The van der Waals surface area contributed by atoms with Gasteiger partial charge in [-0.1, -0.05) is 56.0 Å². The fourth-order valence-electron chi connectivity index (χ4n) is 3.60. The minimum Gasteiger partial charge on any atom is -0.325 e. The fourth-order valence-corrected chi connectivity index (χ4v) is 3.60. The highest BCUT2D eigenvalue weighted by Crippen LogP contribution is 2.38. The Morgan fingerprint density at radius 3 is 2.39 bits per heavy atom. The quantitative estimate of drug-likeness (QED) is 0.837. The van der Waals surface area contributed by atoms with Crippen LogP contribution in [0, 0.1) is 25.7 Å². The van der Waals surface area contributed by atoms with E-state index in [1.807, 2.05) is 0 Å². The SMILES string of the molecule is Cc1cc(C)cc(CC2(N)CCCC(C)C2C)c1. The Morgan fingerprint density at radius 1 is 1.17 bits per heavy atom. The van der Waals surface area contributed by atoms with Gasteiger partial charge >= 0.3 is 0 Å². The largest absolute Gasteiger partial charge is 0.325 e. The number of benzene rings is 1. The van der Waals surface area contributed by atoms with Crippen molar-refractivity contribution in [2.24, 2.45) is 17.6 Å². The van der Waals surface area contributed by atoms with E-state index in [0.29, 0.717) is 5.92 Å². The van der Waals surface area contributed by atoms with Gasteiger partial charge in [0.2, 0.25) is 0 Å². The van der Waals surface area contributed by atoms with Gasteiger partial charge in [0, 0.05) is 5.54 Å². The van der Waals surface area contributed by atoms with Crippen LogP contribution in [0.4, 0.5) is 0 Å². The van der Waals surface area contributed by atoms with Gasteiger partial charge in [-0.05, 0) is 44.1 Å². The monoisotopic (exact) mass is 245 g/mol. The second-order valence-electron chi connectivity index (χ2n) is 6.56. The molecule has 1 aliphatic carbocycles. The average Bonchev–Trinajstić information content (AvgIpc) is 2.24. The standard InChI is InChI=1S/C17H27N/c1-12-8-13(2)10-16(9-12)11-17(18)7-5-6-14(3)15(17)4/h8-10,14-15H,5-7,11,18H2,1-4H3. The topological polar surface area (TPSA) is 26.0 Å². The van der Waals surface area contributed by atoms with Gasteiger partial charge in [0.15, 0.2) is 0 Å². The van der Waals surface area contributed by atoms with Crippen LogP contribution in [0.2, 0.25) is 0 Å². The average molecular weight is 245 g/mol. The maximum atomic E-state index is 6.73. The molecule has 3 unspecified atom stereocenters. The lowest BCUT2D eigenvalue weighted by atomic mass is 9.66. The predicted octanol–water partition coefficient (Wildman–Crippen LogP) is 4.00. The van der Waals surface area contributed by atoms with Crippen LogP contribution in [0.1, 0.15) is 49.8 Å². The Kier molecular flexibility index (Phi) is 3.82. The minimum absolute atomic E-state index is 0.00208. The van der Waals surface area contributed by atoms with Crippen LogP contribution in [0.3, 0.4) is 0 Å². The Bertz CT molecular complexity index is 403. The third-order valence-corrected chi connectivity index (χ3v) is 4.88. The molecule has 1 saturated carbocycles. The molecule has 0 saturated heterocycles. The molecule has 1 nitrogen and oxygen atoms in total. The van der Waals surface area contributed by atoms with Crippen molar-refractivity contribution in [1.29, 1.82) is 0 Å². The summed E-state index contributed by atoms with van der Waals surface area (Å²) in [7, 11) is 0. The molecule has 2 N–H and O–H groups in total. The van der Waals surface area contributed by atoms with Crippen molar-refractivity contribution in [2.75, 3.05) is 0 Å². The Morgan fingerprint density at radius 2 is 1.78 bits per heavy atom. The van der Waals surface area contributed by atoms with E-state index in [4.69, 9.17) is 5.73 Å². The lowest BCUT2D eigenvalue weighted by molar-refractivity contribution is 0.143. The van der Waals surface area contributed by atoms with E-state index in [9.17, 15) is 0 Å². The smallest absolute Gasteiger partial charge is 0.0223 e. The molecule has 1 heteroatoms. The van der Waals surface area contributed by atoms with Crippen molar-refractivity contribution >= 4 is 0 Å². The third kappa shape index (κ3) is 2.77. The van der Waals surface area contributed by atoms with Crippen LogP contribution in [0.5, 0.6) is 0 Å². The van der Waals surface area contributed by atoms with Gasteiger partial charge in [-0.25, -0.2) is 0 Å². The second kappa shape index (κ2) is 5.05. The summed E-state index contributed by atoms with van der Waals surface area (Å²) in [5.41, 5.74) is 10.8. The Labute approximate surface area is 112 Å². The third-order valence-electron chi connectivity index (χ3n) is 4.88. The van der Waals surface area contributed by atoms with Crippen molar-refractivity contribution < 1.29 is 0 Å². The van der Waals surface area contributed by atoms with E-state index >= 15 is 0 Å². The van der Waals surface area contributed by atoms with Crippen molar-refractivity contribution in [3.63, 3.8) is 0 Å². The van der Waals surface area contributed by atoms with E-state index in [1.165, 1.54) is 36.0 Å². The molecule has 1 aromatic rings. The van der Waals surface area contributed by atoms with Crippen LogP contribution >= 0.6 is 0 Å². The molecule has 0 radical (unpaired) electrons. The van der Waals surface area contributed by atoms with Crippen LogP contribution < -0.4 is 5.73 Å². The van der Waals surface area contributed by atoms with E-state index in [1.54, 1.807) is 0 Å². The highest BCUT2D eigenvalue weighted by Gasteiger charge is 2.38. The molecule has 1 aliphatic rings. The Hall–Kier alpha value is -0.820. The molecule has 0 heterocycles. The van der Waals surface area contributed by atoms with Crippen LogP contribution in [0.25, 0.3) is 0 Å². The molecule has 0 aliphatic heterocycles. The van der Waals surface area contributed by atoms with Gasteiger partial charge in [-0.2, -0.15) is 0 Å². The second-order valence-corrected chi connectivity index (χ2v) is 6.56. The van der Waals surface area contributed by atoms with Crippen molar-refractivity contribution in [3.8, 4) is 0 Å². The zero-order valence-electron chi connectivity index (χ0n) is 12.3. The number of hydrogen-bond donors (Lipinski definition) is 1. The van der Waals surface area contributed by atoms with Gasteiger partial charge in [0.25, 0.3) is 0 Å². The van der Waals surface area contributed by atoms with E-state index in [2.05, 4.69) is 45.9 Å². The molecule has 1 aromatic carbocycles. The van der Waals surface area contributed by atoms with Crippen LogP contribution in [-0.4, -0.2) is 5.54 Å². The molecular weight excluding hydrogens is 218 g/mol. The molecule has 0 amide bonds. The van der Waals surface area contributed by atoms with Gasteiger partial charge < -0.3 is 5.73 Å². The van der Waals surface area contributed by atoms with Crippen molar-refractivity contribution in [3.05, 3.63) is 34.9 Å². The molecule has 18 heavy (non-hydrogen) atoms. The first-order chi connectivity index (χ1) is 8.40. The van der Waals surface area contributed by atoms with E-state index in [-0.39, 0.29) is 5.54 Å². The summed E-state index contributed by atoms with van der Waals surface area (Å²) in [4.78, 5) is 0. The van der Waals surface area contributed by atoms with Gasteiger partial charge in [0.1, 0.15) is 0 Å². The summed E-state index contributed by atoms with van der Waals surface area (Å²) in [6.45, 7) is 9.04. The summed E-state index contributed by atoms with van der Waals surface area (Å²) in [6, 6.07) is 6.83. The first kappa shape index (κ1) is 13.6. The zero-order valence-corrected chi connectivity index (χ0v) is 12.3. The summed E-state index contributed by atoms with van der Waals surface area (Å²) in [5.74, 6) is 1.38. The van der Waals surface area contributed by atoms with E-state index < -0.39 is 0 Å². The highest BCUT2D eigenvalue weighted by atomic mass is 14.8. The molecule has 100 valence electrons. The first-order valence-corrected chi connectivity index (χ1v) is 7.27. The van der Waals surface area contributed by atoms with Crippen LogP contribution in [-0.2, 0) is 6.42 Å². The van der Waals surface area contributed by atoms with Crippen molar-refractivity contribution in [1.82, 2.24) is 0 Å². The first-order valence-electron chi connectivity index (χ1n) is 7.27. The number of aryl methyl sites for hydroxylation is 2. The molecule has 0 bridgehead atoms. The van der Waals surface area contributed by atoms with E-state index in [0.717, 1.165) is 12.3 Å². The predicted molar refractivity (Wildman–Crippen MR) is 78.7 cm³/mol. The minimum atomic E-state index is -0.00208. The molecule has 2 rings (SSSR count). The molecule has 1 fully saturated rings. The molecular formula is C17H27N. The lowest BCUT2D eigenvalue weighted by Crippen LogP contribution is -2.52. The van der Waals surface area contributed by atoms with Gasteiger partial charge in [-0.15, -0.1) is 0 Å². The molecule has 3 atom stereocenters. The summed E-state index contributed by atoms with van der Waals surface area (Å²) < 4.78 is 0. The number of hydrogen-bond acceptors (Lipinski definition) is 1. The maximum absolute atomic E-state index is 6.73. The summed E-state index contributed by atoms with van der Waals surface area (Å²) >= 11 is 0. The van der Waals surface area contributed by atoms with Crippen molar-refractivity contribution in [2.45, 2.75) is 58.9 Å². The maximum Gasteiger partial charge on any atom is 0.0223 e. The lowest BCUT2D eigenvalue weighted by Gasteiger charge is -2.43. The van der Waals surface area contributed by atoms with Gasteiger partial charge in [-0.3, -0.25) is 0 Å².